The van der Waals surface area contributed by atoms with Gasteiger partial charge in [0.15, 0.2) is 0 Å². The third-order valence-corrected chi connectivity index (χ3v) is 1.69. The molecule has 0 aliphatic heterocycles. The molecule has 74 valence electrons. The van der Waals surface area contributed by atoms with Gasteiger partial charge in [0.2, 0.25) is 0 Å². The van der Waals surface area contributed by atoms with Gasteiger partial charge in [-0.05, 0) is 39.3 Å². The molecule has 0 aliphatic rings. The number of hydrogen-bond acceptors (Lipinski definition) is 3. The fourth-order valence-electron chi connectivity index (χ4n) is 0.932. The molecule has 3 heteroatoms. The molecule has 0 radical (unpaired) electrons. The number of ether oxygens (including phenoxy) is 1. The summed E-state index contributed by atoms with van der Waals surface area (Å²) in [6, 6.07) is 0. The highest BCUT2D eigenvalue weighted by Gasteiger charge is 1.93. The van der Waals surface area contributed by atoms with Gasteiger partial charge < -0.3 is 15.2 Å². The lowest BCUT2D eigenvalue weighted by atomic mass is 10.3. The van der Waals surface area contributed by atoms with Crippen LogP contribution in [0.15, 0.2) is 0 Å². The molecule has 0 saturated carbocycles. The largest absolute Gasteiger partial charge is 0.393 e. The minimum Gasteiger partial charge on any atom is -0.393 e. The average molecular weight is 175 g/mol. The molecule has 0 fully saturated rings. The van der Waals surface area contributed by atoms with Gasteiger partial charge in [-0.1, -0.05) is 0 Å². The Labute approximate surface area is 75.1 Å². The molecule has 1 atom stereocenters. The first-order chi connectivity index (χ1) is 5.77. The van der Waals surface area contributed by atoms with Crippen LogP contribution in [0.25, 0.3) is 0 Å². The standard InChI is InChI=1S/C9H21NO2/c1-9(11)5-7-10-6-3-4-8-12-2/h9-11H,3-8H2,1-2H3. The third-order valence-electron chi connectivity index (χ3n) is 1.69. The molecule has 0 amide bonds. The summed E-state index contributed by atoms with van der Waals surface area (Å²) < 4.78 is 4.92. The molecule has 0 saturated heterocycles. The normalized spacial score (nSPS) is 13.2. The summed E-state index contributed by atoms with van der Waals surface area (Å²) >= 11 is 0. The van der Waals surface area contributed by atoms with Crippen LogP contribution < -0.4 is 5.32 Å². The second-order valence-corrected chi connectivity index (χ2v) is 3.09. The molecule has 0 aromatic carbocycles. The number of hydrogen-bond donors (Lipinski definition) is 2. The van der Waals surface area contributed by atoms with Crippen molar-refractivity contribution in [1.82, 2.24) is 5.32 Å². The zero-order chi connectivity index (χ0) is 9.23. The molecule has 12 heavy (non-hydrogen) atoms. The maximum absolute atomic E-state index is 8.93. The highest BCUT2D eigenvalue weighted by atomic mass is 16.5. The first kappa shape index (κ1) is 11.9. The molecule has 0 bridgehead atoms. The second-order valence-electron chi connectivity index (χ2n) is 3.09. The van der Waals surface area contributed by atoms with E-state index in [0.717, 1.165) is 39.0 Å². The molecule has 2 N–H and O–H groups in total. The van der Waals surface area contributed by atoms with E-state index >= 15 is 0 Å². The van der Waals surface area contributed by atoms with Crippen molar-refractivity contribution in [3.8, 4) is 0 Å². The summed E-state index contributed by atoms with van der Waals surface area (Å²) in [6.45, 7) is 4.59. The van der Waals surface area contributed by atoms with Crippen LogP contribution in [0.2, 0.25) is 0 Å². The lowest BCUT2D eigenvalue weighted by molar-refractivity contribution is 0.182. The Hall–Kier alpha value is -0.120. The fourth-order valence-corrected chi connectivity index (χ4v) is 0.932. The highest BCUT2D eigenvalue weighted by molar-refractivity contribution is 4.52. The summed E-state index contributed by atoms with van der Waals surface area (Å²) in [5.74, 6) is 0. The number of aliphatic hydroxyl groups is 1. The van der Waals surface area contributed by atoms with Gasteiger partial charge in [-0.15, -0.1) is 0 Å². The zero-order valence-electron chi connectivity index (χ0n) is 8.18. The highest BCUT2D eigenvalue weighted by Crippen LogP contribution is 1.89. The zero-order valence-corrected chi connectivity index (χ0v) is 8.18. The molecule has 0 spiro atoms. The van der Waals surface area contributed by atoms with Gasteiger partial charge in [-0.3, -0.25) is 0 Å². The predicted octanol–water partition coefficient (Wildman–Crippen LogP) is 0.774. The maximum atomic E-state index is 8.93. The van der Waals surface area contributed by atoms with E-state index in [1.165, 1.54) is 0 Å². The van der Waals surface area contributed by atoms with Crippen LogP contribution in [0, 0.1) is 0 Å². The third kappa shape index (κ3) is 9.88. The van der Waals surface area contributed by atoms with Gasteiger partial charge in [-0.2, -0.15) is 0 Å². The Kier molecular flexibility index (Phi) is 8.88. The molecule has 0 heterocycles. The number of methoxy groups -OCH3 is 1. The van der Waals surface area contributed by atoms with E-state index in [9.17, 15) is 0 Å². The van der Waals surface area contributed by atoms with Gasteiger partial charge in [0, 0.05) is 13.7 Å². The molecular formula is C9H21NO2. The molecule has 0 aliphatic carbocycles. The Morgan fingerprint density at radius 1 is 1.33 bits per heavy atom. The van der Waals surface area contributed by atoms with Crippen molar-refractivity contribution in [2.45, 2.75) is 32.3 Å². The van der Waals surface area contributed by atoms with E-state index < -0.39 is 0 Å². The smallest absolute Gasteiger partial charge is 0.0524 e. The van der Waals surface area contributed by atoms with Gasteiger partial charge in [0.25, 0.3) is 0 Å². The van der Waals surface area contributed by atoms with E-state index in [0.29, 0.717) is 0 Å². The number of nitrogens with one attached hydrogen (secondary N) is 1. The Morgan fingerprint density at radius 2 is 2.08 bits per heavy atom. The van der Waals surface area contributed by atoms with Crippen molar-refractivity contribution in [1.29, 1.82) is 0 Å². The summed E-state index contributed by atoms with van der Waals surface area (Å²) in [5.41, 5.74) is 0. The lowest BCUT2D eigenvalue weighted by Crippen LogP contribution is -2.20. The number of rotatable bonds is 8. The van der Waals surface area contributed by atoms with Crippen molar-refractivity contribution in [2.24, 2.45) is 0 Å². The van der Waals surface area contributed by atoms with E-state index in [1.807, 2.05) is 6.92 Å². The van der Waals surface area contributed by atoms with Crippen LogP contribution in [0.3, 0.4) is 0 Å². The lowest BCUT2D eigenvalue weighted by Gasteiger charge is -2.05. The van der Waals surface area contributed by atoms with Gasteiger partial charge in [0.1, 0.15) is 0 Å². The SMILES string of the molecule is COCCCCNCCC(C)O. The van der Waals surface area contributed by atoms with Crippen LogP contribution in [0.5, 0.6) is 0 Å². The van der Waals surface area contributed by atoms with Crippen molar-refractivity contribution >= 4 is 0 Å². The fraction of sp³-hybridized carbons (Fsp3) is 1.00. The van der Waals surface area contributed by atoms with Crippen molar-refractivity contribution in [3.05, 3.63) is 0 Å². The van der Waals surface area contributed by atoms with E-state index in [1.54, 1.807) is 7.11 Å². The van der Waals surface area contributed by atoms with Crippen LogP contribution in [0.4, 0.5) is 0 Å². The van der Waals surface area contributed by atoms with Crippen LogP contribution >= 0.6 is 0 Å². The van der Waals surface area contributed by atoms with Crippen LogP contribution in [0.1, 0.15) is 26.2 Å². The molecule has 0 aromatic heterocycles. The first-order valence-corrected chi connectivity index (χ1v) is 4.65. The Bertz CT molecular complexity index is 86.6. The van der Waals surface area contributed by atoms with Crippen molar-refractivity contribution in [2.75, 3.05) is 26.8 Å². The van der Waals surface area contributed by atoms with Gasteiger partial charge in [0.05, 0.1) is 6.10 Å². The first-order valence-electron chi connectivity index (χ1n) is 4.65. The summed E-state index contributed by atoms with van der Waals surface area (Å²) in [7, 11) is 1.72. The minimum atomic E-state index is -0.184. The van der Waals surface area contributed by atoms with Gasteiger partial charge >= 0.3 is 0 Å². The summed E-state index contributed by atoms with van der Waals surface area (Å²) in [4.78, 5) is 0. The number of unbranched alkanes of at least 4 members (excludes halogenated alkanes) is 1. The van der Waals surface area contributed by atoms with Crippen molar-refractivity contribution in [3.63, 3.8) is 0 Å². The van der Waals surface area contributed by atoms with Crippen molar-refractivity contribution < 1.29 is 9.84 Å². The molecule has 3 nitrogen and oxygen atoms in total. The molecule has 1 unspecified atom stereocenters. The average Bonchev–Trinajstić information content (AvgIpc) is 2.02. The minimum absolute atomic E-state index is 0.184. The van der Waals surface area contributed by atoms with Crippen LogP contribution in [-0.2, 0) is 4.74 Å². The molecule has 0 aromatic rings. The molecule has 0 rings (SSSR count). The second kappa shape index (κ2) is 8.97. The Morgan fingerprint density at radius 3 is 2.67 bits per heavy atom. The molecular weight excluding hydrogens is 154 g/mol. The summed E-state index contributed by atoms with van der Waals surface area (Å²) in [5, 5.41) is 12.2. The monoisotopic (exact) mass is 175 g/mol. The quantitative estimate of drug-likeness (QED) is 0.535. The predicted molar refractivity (Wildman–Crippen MR) is 50.3 cm³/mol. The summed E-state index contributed by atoms with van der Waals surface area (Å²) in [6.07, 6.45) is 2.91. The maximum Gasteiger partial charge on any atom is 0.0524 e. The van der Waals surface area contributed by atoms with Crippen LogP contribution in [-0.4, -0.2) is 38.0 Å². The van der Waals surface area contributed by atoms with Gasteiger partial charge in [-0.25, -0.2) is 0 Å². The van der Waals surface area contributed by atoms with E-state index in [4.69, 9.17) is 9.84 Å². The topological polar surface area (TPSA) is 41.5 Å². The number of aliphatic hydroxyl groups excluding tert-OH is 1. The van der Waals surface area contributed by atoms with E-state index in [-0.39, 0.29) is 6.10 Å². The Balaban J connectivity index is 2.82. The van der Waals surface area contributed by atoms with E-state index in [2.05, 4.69) is 5.32 Å².